The first kappa shape index (κ1) is 17.1. The smallest absolute Gasteiger partial charge is 0.278 e. The van der Waals surface area contributed by atoms with Crippen molar-refractivity contribution >= 4 is 17.0 Å². The molecule has 0 spiro atoms. The number of hydrogen-bond acceptors (Lipinski definition) is 5. The summed E-state index contributed by atoms with van der Waals surface area (Å²) < 4.78 is 17.6. The first-order chi connectivity index (χ1) is 11.7. The van der Waals surface area contributed by atoms with E-state index in [1.165, 1.54) is 26.2 Å². The lowest BCUT2D eigenvalue weighted by Crippen LogP contribution is -2.24. The number of nitrogens with one attached hydrogen (secondary N) is 1. The maximum Gasteiger partial charge on any atom is 0.278 e. The molecule has 0 unspecified atom stereocenters. The van der Waals surface area contributed by atoms with Gasteiger partial charge in [-0.3, -0.25) is 9.78 Å². The number of alkyl halides is 1. The quantitative estimate of drug-likeness (QED) is 0.787. The molecule has 1 N–H and O–H groups in total. The van der Waals surface area contributed by atoms with Crippen molar-refractivity contribution in [2.24, 2.45) is 0 Å². The first-order valence-electron chi connectivity index (χ1n) is 8.08. The van der Waals surface area contributed by atoms with Crippen molar-refractivity contribution in [3.8, 4) is 5.69 Å². The average molecular weight is 344 g/mol. The zero-order valence-electron chi connectivity index (χ0n) is 14.9. The monoisotopic (exact) mass is 344 g/mol. The second kappa shape index (κ2) is 5.94. The van der Waals surface area contributed by atoms with E-state index in [1.54, 1.807) is 28.5 Å². The number of pyridine rings is 1. The highest BCUT2D eigenvalue weighted by Gasteiger charge is 2.23. The summed E-state index contributed by atoms with van der Waals surface area (Å²) in [6, 6.07) is 3.25. The second-order valence-electron chi connectivity index (χ2n) is 6.61. The summed E-state index contributed by atoms with van der Waals surface area (Å²) in [5.41, 5.74) is -0.403. The van der Waals surface area contributed by atoms with Gasteiger partial charge in [-0.2, -0.15) is 4.98 Å². The molecular formula is C17H21FN6O. The molecule has 3 aromatic rings. The lowest BCUT2D eigenvalue weighted by molar-refractivity contribution is 0.214. The number of anilines is 1. The molecule has 0 aliphatic heterocycles. The molecule has 0 aliphatic carbocycles. The van der Waals surface area contributed by atoms with Crippen LogP contribution in [0.3, 0.4) is 0 Å². The Labute approximate surface area is 144 Å². The van der Waals surface area contributed by atoms with Crippen molar-refractivity contribution in [2.45, 2.75) is 39.4 Å². The van der Waals surface area contributed by atoms with E-state index < -0.39 is 5.67 Å². The van der Waals surface area contributed by atoms with Crippen LogP contribution in [0.1, 0.15) is 39.4 Å². The molecule has 8 heteroatoms. The first-order valence-corrected chi connectivity index (χ1v) is 8.08. The predicted molar refractivity (Wildman–Crippen MR) is 95.0 cm³/mol. The van der Waals surface area contributed by atoms with Gasteiger partial charge >= 0.3 is 0 Å². The number of halogens is 1. The molecule has 3 aromatic heterocycles. The molecule has 7 nitrogen and oxygen atoms in total. The van der Waals surface area contributed by atoms with Crippen LogP contribution in [0.15, 0.2) is 29.3 Å². The van der Waals surface area contributed by atoms with Crippen LogP contribution in [0.2, 0.25) is 0 Å². The van der Waals surface area contributed by atoms with Crippen molar-refractivity contribution in [1.29, 1.82) is 0 Å². The number of nitrogens with zero attached hydrogens (tertiary/aromatic N) is 5. The minimum absolute atomic E-state index is 0.116. The Balaban J connectivity index is 2.38. The van der Waals surface area contributed by atoms with Gasteiger partial charge in [-0.05, 0) is 39.8 Å². The Morgan fingerprint density at radius 1 is 1.28 bits per heavy atom. The zero-order valence-corrected chi connectivity index (χ0v) is 14.9. The third kappa shape index (κ3) is 2.88. The van der Waals surface area contributed by atoms with Gasteiger partial charge in [0.05, 0.1) is 11.4 Å². The molecule has 0 radical (unpaired) electrons. The van der Waals surface area contributed by atoms with Crippen molar-refractivity contribution in [2.75, 3.05) is 12.4 Å². The topological polar surface area (TPSA) is 77.6 Å². The number of aromatic nitrogens is 5. The molecule has 0 fully saturated rings. The van der Waals surface area contributed by atoms with Crippen molar-refractivity contribution < 1.29 is 4.39 Å². The van der Waals surface area contributed by atoms with Gasteiger partial charge in [0, 0.05) is 25.5 Å². The molecule has 25 heavy (non-hydrogen) atoms. The van der Waals surface area contributed by atoms with Gasteiger partial charge in [0.2, 0.25) is 5.95 Å². The summed E-state index contributed by atoms with van der Waals surface area (Å²) in [7, 11) is 1.71. The van der Waals surface area contributed by atoms with Gasteiger partial charge in [0.15, 0.2) is 5.65 Å². The van der Waals surface area contributed by atoms with Crippen molar-refractivity contribution in [3.63, 3.8) is 0 Å². The molecule has 0 atom stereocenters. The molecule has 0 saturated heterocycles. The summed E-state index contributed by atoms with van der Waals surface area (Å²) in [4.78, 5) is 25.5. The fraction of sp³-hybridized carbons (Fsp3) is 0.412. The van der Waals surface area contributed by atoms with E-state index in [-0.39, 0.29) is 17.3 Å². The lowest BCUT2D eigenvalue weighted by atomic mass is 10.1. The predicted octanol–water partition coefficient (Wildman–Crippen LogP) is 2.80. The molecule has 0 aliphatic rings. The highest BCUT2D eigenvalue weighted by atomic mass is 19.1. The van der Waals surface area contributed by atoms with Crippen LogP contribution in [0.25, 0.3) is 16.7 Å². The average Bonchev–Trinajstić information content (AvgIpc) is 2.86. The Kier molecular flexibility index (Phi) is 4.06. The lowest BCUT2D eigenvalue weighted by Gasteiger charge is -2.18. The van der Waals surface area contributed by atoms with E-state index in [9.17, 15) is 9.18 Å². The standard InChI is InChI=1S/C17H21FN6O/c1-10(2)23-15(25)12-9-21-16(19-5)22-14(12)24(23)11-6-7-20-13(8-11)17(3,4)18/h6-10H,1-5H3,(H,19,21,22). The molecule has 0 saturated carbocycles. The molecule has 3 rings (SSSR count). The van der Waals surface area contributed by atoms with Gasteiger partial charge in [0.1, 0.15) is 11.1 Å². The highest BCUT2D eigenvalue weighted by molar-refractivity contribution is 5.76. The highest BCUT2D eigenvalue weighted by Crippen LogP contribution is 2.26. The van der Waals surface area contributed by atoms with E-state index in [0.29, 0.717) is 22.7 Å². The third-order valence-corrected chi connectivity index (χ3v) is 3.93. The molecule has 0 amide bonds. The molecule has 132 valence electrons. The maximum absolute atomic E-state index is 14.3. The summed E-state index contributed by atoms with van der Waals surface area (Å²) in [6.07, 6.45) is 3.04. The van der Waals surface area contributed by atoms with E-state index in [0.717, 1.165) is 0 Å². The molecule has 0 aromatic carbocycles. The molecule has 3 heterocycles. The van der Waals surface area contributed by atoms with Crippen LogP contribution >= 0.6 is 0 Å². The minimum atomic E-state index is -1.59. The Hall–Kier alpha value is -2.77. The second-order valence-corrected chi connectivity index (χ2v) is 6.61. The Morgan fingerprint density at radius 3 is 2.60 bits per heavy atom. The summed E-state index contributed by atoms with van der Waals surface area (Å²) in [5, 5.41) is 3.28. The van der Waals surface area contributed by atoms with Gasteiger partial charge in [-0.1, -0.05) is 0 Å². The van der Waals surface area contributed by atoms with E-state index in [1.807, 2.05) is 13.8 Å². The zero-order chi connectivity index (χ0) is 18.4. The fourth-order valence-electron chi connectivity index (χ4n) is 2.71. The van der Waals surface area contributed by atoms with Crippen LogP contribution in [0.5, 0.6) is 0 Å². The van der Waals surface area contributed by atoms with Gasteiger partial charge in [0.25, 0.3) is 5.56 Å². The van der Waals surface area contributed by atoms with Crippen molar-refractivity contribution in [3.05, 3.63) is 40.6 Å². The summed E-state index contributed by atoms with van der Waals surface area (Å²) in [5.74, 6) is 0.405. The number of hydrogen-bond donors (Lipinski definition) is 1. The van der Waals surface area contributed by atoms with E-state index >= 15 is 0 Å². The maximum atomic E-state index is 14.3. The van der Waals surface area contributed by atoms with Crippen LogP contribution in [-0.2, 0) is 5.67 Å². The van der Waals surface area contributed by atoms with E-state index in [4.69, 9.17) is 0 Å². The normalized spacial score (nSPS) is 12.1. The number of rotatable bonds is 4. The van der Waals surface area contributed by atoms with Gasteiger partial charge < -0.3 is 5.32 Å². The van der Waals surface area contributed by atoms with Crippen LogP contribution in [-0.4, -0.2) is 31.4 Å². The third-order valence-electron chi connectivity index (χ3n) is 3.93. The van der Waals surface area contributed by atoms with Crippen molar-refractivity contribution in [1.82, 2.24) is 24.3 Å². The Morgan fingerprint density at radius 2 is 2.00 bits per heavy atom. The van der Waals surface area contributed by atoms with Crippen LogP contribution in [0.4, 0.5) is 10.3 Å². The minimum Gasteiger partial charge on any atom is -0.357 e. The van der Waals surface area contributed by atoms with Gasteiger partial charge in [-0.15, -0.1) is 0 Å². The molecular weight excluding hydrogens is 323 g/mol. The fourth-order valence-corrected chi connectivity index (χ4v) is 2.71. The SMILES string of the molecule is CNc1ncc2c(=O)n(C(C)C)n(-c3ccnc(C(C)(C)F)c3)c2n1. The van der Waals surface area contributed by atoms with Gasteiger partial charge in [-0.25, -0.2) is 18.7 Å². The van der Waals surface area contributed by atoms with Crippen LogP contribution < -0.4 is 10.9 Å². The van der Waals surface area contributed by atoms with Crippen LogP contribution in [0, 0.1) is 0 Å². The van der Waals surface area contributed by atoms with E-state index in [2.05, 4.69) is 20.3 Å². The Bertz CT molecular complexity index is 983. The molecule has 0 bridgehead atoms. The summed E-state index contributed by atoms with van der Waals surface area (Å²) in [6.45, 7) is 6.71. The number of fused-ring (bicyclic) bond motifs is 1. The largest absolute Gasteiger partial charge is 0.357 e. The summed E-state index contributed by atoms with van der Waals surface area (Å²) >= 11 is 0.